The second-order valence-corrected chi connectivity index (χ2v) is 8.27. The van der Waals surface area contributed by atoms with Crippen LogP contribution in [-0.2, 0) is 4.79 Å². The molecule has 2 aromatic rings. The van der Waals surface area contributed by atoms with Gasteiger partial charge in [0.1, 0.15) is 16.3 Å². The topological polar surface area (TPSA) is 73.8 Å². The molecule has 2 aliphatic heterocycles. The number of aliphatic imine (C=N–C) groups is 1. The maximum Gasteiger partial charge on any atom is 0.269 e. The van der Waals surface area contributed by atoms with Gasteiger partial charge in [0, 0.05) is 5.56 Å². The number of hydrogen-bond acceptors (Lipinski definition) is 6. The van der Waals surface area contributed by atoms with E-state index in [1.165, 1.54) is 11.8 Å². The highest BCUT2D eigenvalue weighted by molar-refractivity contribution is 8.17. The molecule has 0 bridgehead atoms. The lowest BCUT2D eigenvalue weighted by Gasteiger charge is -2.35. The van der Waals surface area contributed by atoms with Crippen LogP contribution in [0.1, 0.15) is 29.1 Å². The molecule has 3 heterocycles. The highest BCUT2D eigenvalue weighted by Crippen LogP contribution is 2.41. The Kier molecular flexibility index (Phi) is 4.18. The molecule has 0 unspecified atom stereocenters. The van der Waals surface area contributed by atoms with Crippen LogP contribution >= 0.6 is 23.1 Å². The van der Waals surface area contributed by atoms with E-state index in [2.05, 4.69) is 15.7 Å². The van der Waals surface area contributed by atoms with Crippen molar-refractivity contribution >= 4 is 45.8 Å². The molecule has 2 aliphatic rings. The summed E-state index contributed by atoms with van der Waals surface area (Å²) in [6.45, 7) is 3.57. The van der Waals surface area contributed by atoms with E-state index in [-0.39, 0.29) is 11.8 Å². The summed E-state index contributed by atoms with van der Waals surface area (Å²) in [6, 6.07) is 13.0. The van der Waals surface area contributed by atoms with Gasteiger partial charge in [-0.25, -0.2) is 10.4 Å². The zero-order valence-corrected chi connectivity index (χ0v) is 15.8. The molecule has 0 fully saturated rings. The second kappa shape index (κ2) is 6.39. The van der Waals surface area contributed by atoms with Crippen molar-refractivity contribution in [3.63, 3.8) is 0 Å². The molecule has 2 N–H and O–H groups in total. The summed E-state index contributed by atoms with van der Waals surface area (Å²) < 4.78 is 0. The molecule has 4 rings (SSSR count). The summed E-state index contributed by atoms with van der Waals surface area (Å²) in [7, 11) is 0. The van der Waals surface area contributed by atoms with Crippen LogP contribution in [-0.4, -0.2) is 27.5 Å². The van der Waals surface area contributed by atoms with E-state index in [0.29, 0.717) is 15.8 Å². The summed E-state index contributed by atoms with van der Waals surface area (Å²) in [6.07, 6.45) is 0. The van der Waals surface area contributed by atoms with Gasteiger partial charge in [0.25, 0.3) is 11.8 Å². The Hall–Kier alpha value is -2.42. The Bertz CT molecular complexity index is 933. The standard InChI is InChI=1S/C18H16N4O2S2/c1-18(2)16(24)20-17-22(21-18)13(12-9-6-10-25-12)15(26-17)19-14(23)11-7-4-3-5-8-11/h3-10,21H,1-2H3,(H,19,23). The number of benzene rings is 1. The lowest BCUT2D eigenvalue weighted by Crippen LogP contribution is -2.58. The highest BCUT2D eigenvalue weighted by atomic mass is 32.2. The predicted octanol–water partition coefficient (Wildman–Crippen LogP) is 3.03. The number of carbonyl (C=O) groups excluding carboxylic acids is 2. The maximum atomic E-state index is 12.6. The summed E-state index contributed by atoms with van der Waals surface area (Å²) in [5.41, 5.74) is 3.77. The smallest absolute Gasteiger partial charge is 0.269 e. The molecule has 0 saturated heterocycles. The number of fused-ring (bicyclic) bond motifs is 1. The normalized spacial score (nSPS) is 18.6. The van der Waals surface area contributed by atoms with Crippen LogP contribution in [0.25, 0.3) is 5.70 Å². The fourth-order valence-corrected chi connectivity index (χ4v) is 4.41. The first-order chi connectivity index (χ1) is 12.5. The van der Waals surface area contributed by atoms with E-state index in [9.17, 15) is 9.59 Å². The minimum atomic E-state index is -0.814. The average molecular weight is 384 g/mol. The van der Waals surface area contributed by atoms with Crippen molar-refractivity contribution in [2.45, 2.75) is 19.4 Å². The molecule has 2 amide bonds. The third kappa shape index (κ3) is 2.96. The molecule has 8 heteroatoms. The zero-order chi connectivity index (χ0) is 18.3. The van der Waals surface area contributed by atoms with Gasteiger partial charge in [-0.05, 0) is 49.2 Å². The number of nitrogens with one attached hydrogen (secondary N) is 2. The number of thioether (sulfide) groups is 1. The summed E-state index contributed by atoms with van der Waals surface area (Å²) >= 11 is 2.83. The largest absolute Gasteiger partial charge is 0.314 e. The van der Waals surface area contributed by atoms with Crippen molar-refractivity contribution < 1.29 is 9.59 Å². The number of rotatable bonds is 3. The van der Waals surface area contributed by atoms with E-state index >= 15 is 0 Å². The lowest BCUT2D eigenvalue weighted by atomic mass is 10.1. The van der Waals surface area contributed by atoms with E-state index in [0.717, 1.165) is 10.6 Å². The molecule has 0 atom stereocenters. The van der Waals surface area contributed by atoms with Crippen molar-refractivity contribution in [1.29, 1.82) is 0 Å². The van der Waals surface area contributed by atoms with Gasteiger partial charge in [0.05, 0.1) is 4.88 Å². The third-order valence-corrected chi connectivity index (χ3v) is 5.80. The van der Waals surface area contributed by atoms with Crippen molar-refractivity contribution in [3.8, 4) is 0 Å². The van der Waals surface area contributed by atoms with Crippen LogP contribution < -0.4 is 10.7 Å². The van der Waals surface area contributed by atoms with Gasteiger partial charge in [-0.2, -0.15) is 4.99 Å². The van der Waals surface area contributed by atoms with E-state index in [1.807, 2.05) is 35.7 Å². The third-order valence-electron chi connectivity index (χ3n) is 3.96. The quantitative estimate of drug-likeness (QED) is 0.851. The number of hydrogen-bond donors (Lipinski definition) is 2. The zero-order valence-electron chi connectivity index (χ0n) is 14.1. The first-order valence-corrected chi connectivity index (χ1v) is 9.69. The van der Waals surface area contributed by atoms with Gasteiger partial charge < -0.3 is 5.32 Å². The van der Waals surface area contributed by atoms with Crippen molar-refractivity contribution in [1.82, 2.24) is 15.8 Å². The number of amidine groups is 1. The lowest BCUT2D eigenvalue weighted by molar-refractivity contribution is -0.124. The van der Waals surface area contributed by atoms with Crippen LogP contribution in [0.5, 0.6) is 0 Å². The van der Waals surface area contributed by atoms with E-state index in [4.69, 9.17) is 0 Å². The maximum absolute atomic E-state index is 12.6. The molecule has 0 saturated carbocycles. The average Bonchev–Trinajstić information content (AvgIpc) is 3.23. The Morgan fingerprint density at radius 3 is 2.65 bits per heavy atom. The number of carbonyl (C=O) groups is 2. The first kappa shape index (κ1) is 17.0. The van der Waals surface area contributed by atoms with Crippen LogP contribution in [0.3, 0.4) is 0 Å². The number of thiophene rings is 1. The molecule has 1 aromatic carbocycles. The number of amides is 2. The van der Waals surface area contributed by atoms with Gasteiger partial charge >= 0.3 is 0 Å². The Morgan fingerprint density at radius 2 is 1.96 bits per heavy atom. The molecule has 0 aliphatic carbocycles. The minimum Gasteiger partial charge on any atom is -0.314 e. The van der Waals surface area contributed by atoms with Crippen molar-refractivity contribution in [2.75, 3.05) is 0 Å². The SMILES string of the molecule is CC1(C)NN2C(=NC1=O)SC(NC(=O)c1ccccc1)=C2c1cccs1. The summed E-state index contributed by atoms with van der Waals surface area (Å²) in [4.78, 5) is 30.0. The number of hydrazine groups is 1. The second-order valence-electron chi connectivity index (χ2n) is 6.35. The van der Waals surface area contributed by atoms with Crippen LogP contribution in [0.4, 0.5) is 0 Å². The molecule has 26 heavy (non-hydrogen) atoms. The molecular weight excluding hydrogens is 368 g/mol. The molecule has 0 radical (unpaired) electrons. The number of nitrogens with zero attached hydrogens (tertiary/aromatic N) is 2. The molecule has 6 nitrogen and oxygen atoms in total. The van der Waals surface area contributed by atoms with Gasteiger partial charge in [0.15, 0.2) is 5.17 Å². The Labute approximate surface area is 159 Å². The molecule has 1 aromatic heterocycles. The van der Waals surface area contributed by atoms with Gasteiger partial charge in [-0.15, -0.1) is 11.3 Å². The summed E-state index contributed by atoms with van der Waals surface area (Å²) in [5.74, 6) is -0.439. The van der Waals surface area contributed by atoms with Gasteiger partial charge in [-0.1, -0.05) is 24.3 Å². The van der Waals surface area contributed by atoms with Gasteiger partial charge in [0.2, 0.25) is 0 Å². The monoisotopic (exact) mass is 384 g/mol. The minimum absolute atomic E-state index is 0.201. The van der Waals surface area contributed by atoms with Crippen molar-refractivity contribution in [3.05, 3.63) is 63.3 Å². The van der Waals surface area contributed by atoms with Crippen LogP contribution in [0, 0.1) is 0 Å². The molecular formula is C18H16N4O2S2. The van der Waals surface area contributed by atoms with Crippen LogP contribution in [0.15, 0.2) is 57.9 Å². The first-order valence-electron chi connectivity index (χ1n) is 7.99. The highest BCUT2D eigenvalue weighted by Gasteiger charge is 2.42. The van der Waals surface area contributed by atoms with Gasteiger partial charge in [-0.3, -0.25) is 9.59 Å². The predicted molar refractivity (Wildman–Crippen MR) is 104 cm³/mol. The fourth-order valence-electron chi connectivity index (χ4n) is 2.60. The van der Waals surface area contributed by atoms with E-state index < -0.39 is 5.54 Å². The van der Waals surface area contributed by atoms with E-state index in [1.54, 1.807) is 42.3 Å². The summed E-state index contributed by atoms with van der Waals surface area (Å²) in [5, 5.41) is 7.90. The van der Waals surface area contributed by atoms with Crippen molar-refractivity contribution in [2.24, 2.45) is 4.99 Å². The Balaban J connectivity index is 1.73. The fraction of sp³-hybridized carbons (Fsp3) is 0.167. The van der Waals surface area contributed by atoms with Crippen LogP contribution in [0.2, 0.25) is 0 Å². The molecule has 0 spiro atoms. The Morgan fingerprint density at radius 1 is 1.19 bits per heavy atom. The molecule has 132 valence electrons.